The van der Waals surface area contributed by atoms with Crippen LogP contribution < -0.4 is 11.1 Å². The highest BCUT2D eigenvalue weighted by Gasteiger charge is 2.27. The van der Waals surface area contributed by atoms with E-state index in [1.165, 1.54) is 23.5 Å². The molecule has 0 radical (unpaired) electrons. The molecule has 0 saturated carbocycles. The SMILES string of the molecule is CC[C@@](C)(NCc1ccc(C(N)=O)cc1[N+](=O)[O-])c1nccs1. The van der Waals surface area contributed by atoms with Crippen molar-refractivity contribution in [3.63, 3.8) is 0 Å². The number of amides is 1. The van der Waals surface area contributed by atoms with Crippen molar-refractivity contribution in [1.82, 2.24) is 10.3 Å². The molecule has 0 spiro atoms. The summed E-state index contributed by atoms with van der Waals surface area (Å²) >= 11 is 1.54. The van der Waals surface area contributed by atoms with Crippen molar-refractivity contribution in [3.8, 4) is 0 Å². The topological polar surface area (TPSA) is 111 Å². The highest BCUT2D eigenvalue weighted by Crippen LogP contribution is 2.28. The molecule has 2 aromatic rings. The first kappa shape index (κ1) is 17.0. The van der Waals surface area contributed by atoms with E-state index in [1.807, 2.05) is 19.2 Å². The molecule has 1 atom stereocenters. The molecule has 0 saturated heterocycles. The Bertz CT molecular complexity index is 718. The maximum atomic E-state index is 11.2. The Balaban J connectivity index is 2.26. The zero-order valence-electron chi connectivity index (χ0n) is 12.9. The second kappa shape index (κ2) is 6.84. The maximum absolute atomic E-state index is 11.2. The average molecular weight is 334 g/mol. The molecular formula is C15H18N4O3S. The lowest BCUT2D eigenvalue weighted by Crippen LogP contribution is -2.38. The fourth-order valence-corrected chi connectivity index (χ4v) is 3.02. The van der Waals surface area contributed by atoms with Crippen molar-refractivity contribution in [1.29, 1.82) is 0 Å². The second-order valence-corrected chi connectivity index (χ2v) is 6.24. The number of hydrogen-bond acceptors (Lipinski definition) is 6. The Kier molecular flexibility index (Phi) is 5.07. The van der Waals surface area contributed by atoms with E-state index in [4.69, 9.17) is 5.73 Å². The largest absolute Gasteiger partial charge is 0.366 e. The summed E-state index contributed by atoms with van der Waals surface area (Å²) in [4.78, 5) is 26.2. The van der Waals surface area contributed by atoms with Crippen LogP contribution >= 0.6 is 11.3 Å². The fourth-order valence-electron chi connectivity index (χ4n) is 2.17. The smallest absolute Gasteiger partial charge is 0.274 e. The van der Waals surface area contributed by atoms with Gasteiger partial charge in [-0.25, -0.2) is 4.98 Å². The molecule has 2 rings (SSSR count). The first-order valence-electron chi connectivity index (χ1n) is 7.09. The molecule has 0 aliphatic heterocycles. The first-order chi connectivity index (χ1) is 10.9. The van der Waals surface area contributed by atoms with Crippen molar-refractivity contribution >= 4 is 22.9 Å². The zero-order valence-corrected chi connectivity index (χ0v) is 13.7. The lowest BCUT2D eigenvalue weighted by molar-refractivity contribution is -0.385. The molecule has 0 unspecified atom stereocenters. The van der Waals surface area contributed by atoms with Gasteiger partial charge in [-0.2, -0.15) is 0 Å². The molecule has 0 bridgehead atoms. The van der Waals surface area contributed by atoms with Crippen LogP contribution in [0.15, 0.2) is 29.8 Å². The zero-order chi connectivity index (χ0) is 17.0. The Labute approximate surface area is 137 Å². The highest BCUT2D eigenvalue weighted by atomic mass is 32.1. The summed E-state index contributed by atoms with van der Waals surface area (Å²) < 4.78 is 0. The first-order valence-corrected chi connectivity index (χ1v) is 7.97. The number of nitrogens with two attached hydrogens (primary N) is 1. The third-order valence-corrected chi connectivity index (χ3v) is 4.88. The van der Waals surface area contributed by atoms with Crippen LogP contribution in [0, 0.1) is 10.1 Å². The summed E-state index contributed by atoms with van der Waals surface area (Å²) in [5.41, 5.74) is 5.31. The molecule has 23 heavy (non-hydrogen) atoms. The van der Waals surface area contributed by atoms with Crippen LogP contribution in [-0.4, -0.2) is 15.8 Å². The van der Waals surface area contributed by atoms with Gasteiger partial charge in [-0.15, -0.1) is 11.3 Å². The molecule has 1 amide bonds. The molecular weight excluding hydrogens is 316 g/mol. The third-order valence-electron chi connectivity index (χ3n) is 3.85. The molecule has 8 heteroatoms. The summed E-state index contributed by atoms with van der Waals surface area (Å²) in [6.45, 7) is 4.33. The molecule has 0 fully saturated rings. The number of carbonyl (C=O) groups excluding carboxylic acids is 1. The lowest BCUT2D eigenvalue weighted by Gasteiger charge is -2.27. The lowest BCUT2D eigenvalue weighted by atomic mass is 9.99. The Morgan fingerprint density at radius 3 is 2.78 bits per heavy atom. The predicted molar refractivity (Wildman–Crippen MR) is 88.2 cm³/mol. The Morgan fingerprint density at radius 2 is 2.26 bits per heavy atom. The van der Waals surface area contributed by atoms with Crippen LogP contribution in [0.25, 0.3) is 0 Å². The summed E-state index contributed by atoms with van der Waals surface area (Å²) in [7, 11) is 0. The number of benzene rings is 1. The van der Waals surface area contributed by atoms with Crippen molar-refractivity contribution in [2.45, 2.75) is 32.4 Å². The minimum atomic E-state index is -0.686. The van der Waals surface area contributed by atoms with E-state index in [9.17, 15) is 14.9 Å². The summed E-state index contributed by atoms with van der Waals surface area (Å²) in [6, 6.07) is 4.27. The number of primary amides is 1. The molecule has 1 aromatic carbocycles. The number of nitro groups is 1. The Morgan fingerprint density at radius 1 is 1.52 bits per heavy atom. The van der Waals surface area contributed by atoms with Gasteiger partial charge >= 0.3 is 0 Å². The van der Waals surface area contributed by atoms with Gasteiger partial charge in [0.1, 0.15) is 5.01 Å². The predicted octanol–water partition coefficient (Wildman–Crippen LogP) is 2.57. The molecule has 7 nitrogen and oxygen atoms in total. The van der Waals surface area contributed by atoms with Crippen LogP contribution in [0.4, 0.5) is 5.69 Å². The van der Waals surface area contributed by atoms with Gasteiger partial charge in [0.2, 0.25) is 5.91 Å². The normalized spacial score (nSPS) is 13.5. The van der Waals surface area contributed by atoms with Gasteiger partial charge in [0.15, 0.2) is 0 Å². The van der Waals surface area contributed by atoms with Gasteiger partial charge in [-0.3, -0.25) is 14.9 Å². The van der Waals surface area contributed by atoms with Crippen LogP contribution in [0.2, 0.25) is 0 Å². The molecule has 0 aliphatic carbocycles. The van der Waals surface area contributed by atoms with Crippen molar-refractivity contribution < 1.29 is 9.72 Å². The molecule has 1 aromatic heterocycles. The number of rotatable bonds is 7. The number of nitrogens with zero attached hydrogens (tertiary/aromatic N) is 2. The van der Waals surface area contributed by atoms with Gasteiger partial charge in [0, 0.05) is 35.3 Å². The van der Waals surface area contributed by atoms with Crippen LogP contribution in [0.1, 0.15) is 41.2 Å². The number of thiazole rings is 1. The number of hydrogen-bond donors (Lipinski definition) is 2. The quantitative estimate of drug-likeness (QED) is 0.597. The molecule has 0 aliphatic rings. The van der Waals surface area contributed by atoms with Crippen LogP contribution in [0.3, 0.4) is 0 Å². The number of nitrogens with one attached hydrogen (secondary N) is 1. The van der Waals surface area contributed by atoms with Crippen molar-refractivity contribution in [2.24, 2.45) is 5.73 Å². The van der Waals surface area contributed by atoms with Crippen molar-refractivity contribution in [2.75, 3.05) is 0 Å². The average Bonchev–Trinajstić information content (AvgIpc) is 3.07. The molecule has 1 heterocycles. The van der Waals surface area contributed by atoms with E-state index in [0.29, 0.717) is 12.1 Å². The standard InChI is InChI=1S/C15H18N4O3S/c1-3-15(2,14-17-6-7-23-14)18-9-11-5-4-10(13(16)20)8-12(11)19(21)22/h4-8,18H,3,9H2,1-2H3,(H2,16,20)/t15-/m1/s1. The van der Waals surface area contributed by atoms with Crippen LogP contribution in [-0.2, 0) is 12.1 Å². The van der Waals surface area contributed by atoms with Gasteiger partial charge in [-0.05, 0) is 19.4 Å². The minimum absolute atomic E-state index is 0.119. The van der Waals surface area contributed by atoms with Gasteiger partial charge in [-0.1, -0.05) is 13.0 Å². The number of nitro benzene ring substituents is 1. The van der Waals surface area contributed by atoms with E-state index >= 15 is 0 Å². The minimum Gasteiger partial charge on any atom is -0.366 e. The monoisotopic (exact) mass is 334 g/mol. The maximum Gasteiger partial charge on any atom is 0.274 e. The second-order valence-electron chi connectivity index (χ2n) is 5.34. The molecule has 122 valence electrons. The third kappa shape index (κ3) is 3.72. The van der Waals surface area contributed by atoms with E-state index in [-0.39, 0.29) is 16.8 Å². The van der Waals surface area contributed by atoms with Crippen LogP contribution in [0.5, 0.6) is 0 Å². The fraction of sp³-hybridized carbons (Fsp3) is 0.333. The van der Waals surface area contributed by atoms with Gasteiger partial charge in [0.05, 0.1) is 10.5 Å². The van der Waals surface area contributed by atoms with E-state index in [2.05, 4.69) is 10.3 Å². The summed E-state index contributed by atoms with van der Waals surface area (Å²) in [5.74, 6) is -0.686. The highest BCUT2D eigenvalue weighted by molar-refractivity contribution is 7.09. The summed E-state index contributed by atoms with van der Waals surface area (Å²) in [5, 5.41) is 17.4. The number of aromatic nitrogens is 1. The van der Waals surface area contributed by atoms with E-state index in [0.717, 1.165) is 11.4 Å². The summed E-state index contributed by atoms with van der Waals surface area (Å²) in [6.07, 6.45) is 2.52. The van der Waals surface area contributed by atoms with E-state index in [1.54, 1.807) is 12.3 Å². The number of carbonyl (C=O) groups is 1. The van der Waals surface area contributed by atoms with Gasteiger partial charge < -0.3 is 11.1 Å². The Hall–Kier alpha value is -2.32. The van der Waals surface area contributed by atoms with Crippen molar-refractivity contribution in [3.05, 3.63) is 56.0 Å². The van der Waals surface area contributed by atoms with Gasteiger partial charge in [0.25, 0.3) is 5.69 Å². The van der Waals surface area contributed by atoms with E-state index < -0.39 is 10.8 Å². The molecule has 3 N–H and O–H groups in total.